The summed E-state index contributed by atoms with van der Waals surface area (Å²) >= 11 is 0. The van der Waals surface area contributed by atoms with Crippen molar-refractivity contribution >= 4 is 11.7 Å². The van der Waals surface area contributed by atoms with Crippen LogP contribution in [0.25, 0.3) is 11.3 Å². The van der Waals surface area contributed by atoms with E-state index >= 15 is 0 Å². The summed E-state index contributed by atoms with van der Waals surface area (Å²) in [5.41, 5.74) is 3.66. The number of H-pyrrole nitrogens is 1. The predicted molar refractivity (Wildman–Crippen MR) is 93.6 cm³/mol. The lowest BCUT2D eigenvalue weighted by molar-refractivity contribution is -0.115. The first-order chi connectivity index (χ1) is 12.0. The van der Waals surface area contributed by atoms with Gasteiger partial charge in [-0.2, -0.15) is 10.2 Å². The Morgan fingerprint density at radius 2 is 2.12 bits per heavy atom. The van der Waals surface area contributed by atoms with Gasteiger partial charge in [-0.1, -0.05) is 18.6 Å². The van der Waals surface area contributed by atoms with Crippen molar-refractivity contribution in [3.63, 3.8) is 0 Å². The van der Waals surface area contributed by atoms with Gasteiger partial charge < -0.3 is 5.32 Å². The topological polar surface area (TPSA) is 75.6 Å². The number of aromatic nitrogens is 4. The third kappa shape index (κ3) is 3.76. The van der Waals surface area contributed by atoms with Gasteiger partial charge in [0.25, 0.3) is 0 Å². The Bertz CT molecular complexity index is 912. The molecule has 7 heteroatoms. The molecule has 0 saturated carbocycles. The van der Waals surface area contributed by atoms with Crippen LogP contribution in [-0.2, 0) is 24.7 Å². The van der Waals surface area contributed by atoms with Gasteiger partial charge in [0.15, 0.2) is 5.82 Å². The number of carbonyl (C=O) groups excluding carboxylic acids is 1. The molecule has 1 aromatic carbocycles. The van der Waals surface area contributed by atoms with Gasteiger partial charge in [0.05, 0.1) is 17.8 Å². The van der Waals surface area contributed by atoms with E-state index in [-0.39, 0.29) is 18.1 Å². The molecule has 0 aliphatic rings. The van der Waals surface area contributed by atoms with Crippen molar-refractivity contribution in [2.75, 3.05) is 5.32 Å². The molecule has 3 aromatic rings. The fraction of sp³-hybridized carbons (Fsp3) is 0.278. The number of hydrogen-bond acceptors (Lipinski definition) is 3. The minimum Gasteiger partial charge on any atom is -0.309 e. The van der Waals surface area contributed by atoms with Crippen LogP contribution in [0.5, 0.6) is 0 Å². The molecular weight excluding hydrogens is 321 g/mol. The largest absolute Gasteiger partial charge is 0.309 e. The minimum atomic E-state index is -0.339. The SMILES string of the molecule is CCc1cc(CC(=O)Nc2cc(-c3cc(C)ccc3F)[nH]n2)n(C)n1. The molecule has 1 amide bonds. The summed E-state index contributed by atoms with van der Waals surface area (Å²) in [4.78, 5) is 12.2. The van der Waals surface area contributed by atoms with E-state index in [4.69, 9.17) is 0 Å². The summed E-state index contributed by atoms with van der Waals surface area (Å²) in [6, 6.07) is 8.39. The van der Waals surface area contributed by atoms with Crippen molar-refractivity contribution < 1.29 is 9.18 Å². The van der Waals surface area contributed by atoms with Gasteiger partial charge >= 0.3 is 0 Å². The number of rotatable bonds is 5. The summed E-state index contributed by atoms with van der Waals surface area (Å²) in [7, 11) is 1.81. The fourth-order valence-corrected chi connectivity index (χ4v) is 2.63. The number of benzene rings is 1. The summed E-state index contributed by atoms with van der Waals surface area (Å²) < 4.78 is 15.7. The molecule has 6 nitrogen and oxygen atoms in total. The number of aromatic amines is 1. The lowest BCUT2D eigenvalue weighted by atomic mass is 10.1. The maximum atomic E-state index is 14.0. The number of amides is 1. The van der Waals surface area contributed by atoms with Gasteiger partial charge in [-0.25, -0.2) is 4.39 Å². The van der Waals surface area contributed by atoms with E-state index in [9.17, 15) is 9.18 Å². The van der Waals surface area contributed by atoms with Gasteiger partial charge in [0.1, 0.15) is 5.82 Å². The molecule has 25 heavy (non-hydrogen) atoms. The molecule has 2 N–H and O–H groups in total. The quantitative estimate of drug-likeness (QED) is 0.749. The first-order valence-corrected chi connectivity index (χ1v) is 8.10. The van der Waals surface area contributed by atoms with Crippen LogP contribution in [0.4, 0.5) is 10.2 Å². The molecule has 0 saturated heterocycles. The molecule has 0 unspecified atom stereocenters. The maximum Gasteiger partial charge on any atom is 0.231 e. The summed E-state index contributed by atoms with van der Waals surface area (Å²) in [6.45, 7) is 3.91. The third-order valence-corrected chi connectivity index (χ3v) is 3.99. The normalized spacial score (nSPS) is 10.9. The lowest BCUT2D eigenvalue weighted by Gasteiger charge is -2.02. The average Bonchev–Trinajstić information content (AvgIpc) is 3.17. The Hall–Kier alpha value is -2.96. The highest BCUT2D eigenvalue weighted by atomic mass is 19.1. The number of nitrogens with zero attached hydrogens (tertiary/aromatic N) is 3. The molecule has 2 heterocycles. The van der Waals surface area contributed by atoms with E-state index < -0.39 is 0 Å². The smallest absolute Gasteiger partial charge is 0.231 e. The van der Waals surface area contributed by atoms with E-state index in [0.29, 0.717) is 17.1 Å². The molecule has 130 valence electrons. The molecule has 0 aliphatic carbocycles. The van der Waals surface area contributed by atoms with Gasteiger partial charge in [0, 0.05) is 24.4 Å². The Kier molecular flexibility index (Phi) is 4.65. The van der Waals surface area contributed by atoms with Gasteiger partial charge in [0.2, 0.25) is 5.91 Å². The van der Waals surface area contributed by atoms with Gasteiger partial charge in [-0.15, -0.1) is 0 Å². The highest BCUT2D eigenvalue weighted by molar-refractivity contribution is 5.91. The summed E-state index contributed by atoms with van der Waals surface area (Å²) in [6.07, 6.45) is 1.02. The van der Waals surface area contributed by atoms with Gasteiger partial charge in [-0.05, 0) is 31.5 Å². The van der Waals surface area contributed by atoms with E-state index in [1.807, 2.05) is 27.0 Å². The monoisotopic (exact) mass is 341 g/mol. The van der Waals surface area contributed by atoms with Crippen molar-refractivity contribution in [3.8, 4) is 11.3 Å². The second-order valence-corrected chi connectivity index (χ2v) is 5.98. The Balaban J connectivity index is 1.71. The molecule has 0 bridgehead atoms. The number of halogens is 1. The Morgan fingerprint density at radius 1 is 1.32 bits per heavy atom. The number of hydrogen-bond donors (Lipinski definition) is 2. The molecule has 3 rings (SSSR count). The average molecular weight is 341 g/mol. The van der Waals surface area contributed by atoms with Gasteiger partial charge in [-0.3, -0.25) is 14.6 Å². The second kappa shape index (κ2) is 6.88. The molecule has 0 aliphatic heterocycles. The van der Waals surface area contributed by atoms with E-state index in [1.54, 1.807) is 22.9 Å². The molecule has 0 atom stereocenters. The molecular formula is C18H20FN5O. The van der Waals surface area contributed by atoms with E-state index in [0.717, 1.165) is 23.4 Å². The van der Waals surface area contributed by atoms with E-state index in [2.05, 4.69) is 20.6 Å². The summed E-state index contributed by atoms with van der Waals surface area (Å²) in [5, 5.41) is 13.9. The zero-order valence-electron chi connectivity index (χ0n) is 14.4. The van der Waals surface area contributed by atoms with Crippen LogP contribution < -0.4 is 5.32 Å². The number of nitrogens with one attached hydrogen (secondary N) is 2. The zero-order chi connectivity index (χ0) is 18.0. The number of aryl methyl sites for hydroxylation is 3. The Labute approximate surface area is 145 Å². The third-order valence-electron chi connectivity index (χ3n) is 3.99. The zero-order valence-corrected chi connectivity index (χ0v) is 14.4. The first-order valence-electron chi connectivity index (χ1n) is 8.10. The molecule has 2 aromatic heterocycles. The maximum absolute atomic E-state index is 14.0. The van der Waals surface area contributed by atoms with Crippen LogP contribution in [0, 0.1) is 12.7 Å². The second-order valence-electron chi connectivity index (χ2n) is 5.98. The molecule has 0 fully saturated rings. The standard InChI is InChI=1S/C18H20FN5O/c1-4-12-8-13(24(3)23-12)9-18(25)20-17-10-16(21-22-17)14-7-11(2)5-6-15(14)19/h5-8,10H,4,9H2,1-3H3,(H2,20,21,22,25). The van der Waals surface area contributed by atoms with Crippen molar-refractivity contribution in [2.24, 2.45) is 7.05 Å². The first kappa shape index (κ1) is 16.9. The van der Waals surface area contributed by atoms with Crippen LogP contribution in [-0.4, -0.2) is 25.9 Å². The summed E-state index contributed by atoms with van der Waals surface area (Å²) in [5.74, 6) is -0.179. The minimum absolute atomic E-state index is 0.199. The number of carbonyl (C=O) groups is 1. The fourth-order valence-electron chi connectivity index (χ4n) is 2.63. The van der Waals surface area contributed by atoms with Crippen LogP contribution >= 0.6 is 0 Å². The molecule has 0 radical (unpaired) electrons. The van der Waals surface area contributed by atoms with Crippen molar-refractivity contribution in [2.45, 2.75) is 26.7 Å². The highest BCUT2D eigenvalue weighted by Crippen LogP contribution is 2.24. The highest BCUT2D eigenvalue weighted by Gasteiger charge is 2.13. The van der Waals surface area contributed by atoms with Crippen molar-refractivity contribution in [3.05, 3.63) is 53.1 Å². The van der Waals surface area contributed by atoms with Crippen LogP contribution in [0.3, 0.4) is 0 Å². The predicted octanol–water partition coefficient (Wildman–Crippen LogP) is 3.00. The van der Waals surface area contributed by atoms with E-state index in [1.165, 1.54) is 6.07 Å². The Morgan fingerprint density at radius 3 is 2.84 bits per heavy atom. The van der Waals surface area contributed by atoms with Crippen molar-refractivity contribution in [1.82, 2.24) is 20.0 Å². The van der Waals surface area contributed by atoms with Crippen LogP contribution in [0.15, 0.2) is 30.3 Å². The van der Waals surface area contributed by atoms with Crippen LogP contribution in [0.2, 0.25) is 0 Å². The van der Waals surface area contributed by atoms with Crippen molar-refractivity contribution in [1.29, 1.82) is 0 Å². The number of anilines is 1. The van der Waals surface area contributed by atoms with Crippen LogP contribution in [0.1, 0.15) is 23.9 Å². The lowest BCUT2D eigenvalue weighted by Crippen LogP contribution is -2.16. The molecule has 0 spiro atoms.